The number of aliphatic hydroxyl groups is 2. The maximum Gasteiger partial charge on any atom is 0.338 e. The molecule has 0 fully saturated rings. The van der Waals surface area contributed by atoms with Gasteiger partial charge in [-0.1, -0.05) is 0 Å². The van der Waals surface area contributed by atoms with Crippen LogP contribution in [0.2, 0.25) is 0 Å². The van der Waals surface area contributed by atoms with Crippen molar-refractivity contribution in [1.29, 1.82) is 0 Å². The second-order valence-electron chi connectivity index (χ2n) is 3.77. The van der Waals surface area contributed by atoms with Crippen LogP contribution in [-0.4, -0.2) is 38.9 Å². The quantitative estimate of drug-likeness (QED) is 0.406. The molecule has 0 aliphatic carbocycles. The second kappa shape index (κ2) is 6.26. The Labute approximate surface area is 112 Å². The average molecular weight is 289 g/mol. The molecule has 2 unspecified atom stereocenters. The monoisotopic (exact) mass is 289 g/mol. The number of nitro benzene ring substituents is 1. The molecule has 8 nitrogen and oxygen atoms in total. The topological polar surface area (TPSA) is 130 Å². The van der Waals surface area contributed by atoms with Gasteiger partial charge in [0.05, 0.1) is 11.5 Å². The molecule has 9 heteroatoms. The van der Waals surface area contributed by atoms with Crippen LogP contribution >= 0.6 is 0 Å². The van der Waals surface area contributed by atoms with Gasteiger partial charge in [0.2, 0.25) is 5.75 Å². The molecule has 0 saturated heterocycles. The van der Waals surface area contributed by atoms with Crippen LogP contribution in [-0.2, 0) is 9.53 Å². The van der Waals surface area contributed by atoms with E-state index in [0.29, 0.717) is 12.1 Å². The summed E-state index contributed by atoms with van der Waals surface area (Å²) < 4.78 is 17.8. The number of esters is 1. The third-order valence-corrected chi connectivity index (χ3v) is 2.43. The SMILES string of the molecule is CCOC(=O)C(O)C(O)c1cc(F)c(O)c([N+](=O)[O-])c1. The van der Waals surface area contributed by atoms with Gasteiger partial charge in [0.1, 0.15) is 6.10 Å². The van der Waals surface area contributed by atoms with Gasteiger partial charge < -0.3 is 20.1 Å². The van der Waals surface area contributed by atoms with Crippen LogP contribution in [0.15, 0.2) is 12.1 Å². The molecule has 0 radical (unpaired) electrons. The number of carbonyl (C=O) groups excluding carboxylic acids is 1. The first-order valence-electron chi connectivity index (χ1n) is 5.49. The van der Waals surface area contributed by atoms with Gasteiger partial charge in [0.15, 0.2) is 11.9 Å². The normalized spacial score (nSPS) is 13.6. The van der Waals surface area contributed by atoms with Gasteiger partial charge in [0, 0.05) is 6.07 Å². The predicted molar refractivity (Wildman–Crippen MR) is 62.3 cm³/mol. The van der Waals surface area contributed by atoms with E-state index < -0.39 is 45.9 Å². The number of phenolic OH excluding ortho intramolecular Hbond substituents is 1. The Hall–Kier alpha value is -2.26. The van der Waals surface area contributed by atoms with Gasteiger partial charge in [-0.25, -0.2) is 9.18 Å². The Morgan fingerprint density at radius 1 is 1.50 bits per heavy atom. The fraction of sp³-hybridized carbons (Fsp3) is 0.364. The van der Waals surface area contributed by atoms with Crippen molar-refractivity contribution in [2.75, 3.05) is 6.61 Å². The highest BCUT2D eigenvalue weighted by molar-refractivity contribution is 5.75. The molecule has 0 aromatic heterocycles. The van der Waals surface area contributed by atoms with Crippen LogP contribution in [0.1, 0.15) is 18.6 Å². The molecule has 0 aliphatic heterocycles. The van der Waals surface area contributed by atoms with E-state index >= 15 is 0 Å². The number of nitro groups is 1. The minimum Gasteiger partial charge on any atom is -0.500 e. The molecular formula is C11H12FNO7. The Balaban J connectivity index is 3.13. The Kier molecular flexibility index (Phi) is 4.94. The molecule has 0 saturated carbocycles. The summed E-state index contributed by atoms with van der Waals surface area (Å²) in [7, 11) is 0. The van der Waals surface area contributed by atoms with E-state index in [-0.39, 0.29) is 6.61 Å². The van der Waals surface area contributed by atoms with Gasteiger partial charge in [-0.3, -0.25) is 10.1 Å². The van der Waals surface area contributed by atoms with Crippen LogP contribution in [0.25, 0.3) is 0 Å². The zero-order chi connectivity index (χ0) is 15.4. The summed E-state index contributed by atoms with van der Waals surface area (Å²) in [6, 6.07) is 1.24. The van der Waals surface area contributed by atoms with E-state index in [1.807, 2.05) is 0 Å². The van der Waals surface area contributed by atoms with Crippen LogP contribution in [0.4, 0.5) is 10.1 Å². The van der Waals surface area contributed by atoms with Gasteiger partial charge in [-0.15, -0.1) is 0 Å². The van der Waals surface area contributed by atoms with Gasteiger partial charge in [0.25, 0.3) is 0 Å². The van der Waals surface area contributed by atoms with Crippen LogP contribution in [0.5, 0.6) is 5.75 Å². The van der Waals surface area contributed by atoms with Gasteiger partial charge in [-0.2, -0.15) is 0 Å². The highest BCUT2D eigenvalue weighted by Gasteiger charge is 2.30. The van der Waals surface area contributed by atoms with Gasteiger partial charge >= 0.3 is 11.7 Å². The lowest BCUT2D eigenvalue weighted by Gasteiger charge is -2.16. The number of hydrogen-bond acceptors (Lipinski definition) is 7. The lowest BCUT2D eigenvalue weighted by atomic mass is 10.0. The molecular weight excluding hydrogens is 277 g/mol. The Bertz CT molecular complexity index is 534. The molecule has 2 atom stereocenters. The fourth-order valence-corrected chi connectivity index (χ4v) is 1.45. The zero-order valence-electron chi connectivity index (χ0n) is 10.3. The van der Waals surface area contributed by atoms with E-state index in [1.54, 1.807) is 0 Å². The van der Waals surface area contributed by atoms with Crippen molar-refractivity contribution in [2.24, 2.45) is 0 Å². The summed E-state index contributed by atoms with van der Waals surface area (Å²) >= 11 is 0. The summed E-state index contributed by atoms with van der Waals surface area (Å²) in [5, 5.41) is 38.9. The lowest BCUT2D eigenvalue weighted by molar-refractivity contribution is -0.386. The maximum atomic E-state index is 13.3. The van der Waals surface area contributed by atoms with Crippen LogP contribution in [0.3, 0.4) is 0 Å². The standard InChI is InChI=1S/C11H12FNO7/c1-2-20-11(17)10(16)8(14)5-3-6(12)9(15)7(4-5)13(18)19/h3-4,8,10,14-16H,2H2,1H3. The molecule has 0 amide bonds. The van der Waals surface area contributed by atoms with Crippen molar-refractivity contribution in [3.8, 4) is 5.75 Å². The highest BCUT2D eigenvalue weighted by atomic mass is 19.1. The number of halogens is 1. The first-order chi connectivity index (χ1) is 9.29. The molecule has 110 valence electrons. The molecule has 20 heavy (non-hydrogen) atoms. The van der Waals surface area contributed by atoms with Crippen molar-refractivity contribution in [2.45, 2.75) is 19.1 Å². The third kappa shape index (κ3) is 3.19. The predicted octanol–water partition coefficient (Wildman–Crippen LogP) is 0.397. The van der Waals surface area contributed by atoms with E-state index in [4.69, 9.17) is 5.11 Å². The van der Waals surface area contributed by atoms with Crippen LogP contribution < -0.4 is 0 Å². The fourth-order valence-electron chi connectivity index (χ4n) is 1.45. The van der Waals surface area contributed by atoms with Crippen molar-refractivity contribution < 1.29 is 34.2 Å². The summed E-state index contributed by atoms with van der Waals surface area (Å²) in [4.78, 5) is 20.8. The lowest BCUT2D eigenvalue weighted by Crippen LogP contribution is -2.30. The summed E-state index contributed by atoms with van der Waals surface area (Å²) in [5.41, 5.74) is -1.43. The van der Waals surface area contributed by atoms with Crippen molar-refractivity contribution in [3.63, 3.8) is 0 Å². The molecule has 3 N–H and O–H groups in total. The largest absolute Gasteiger partial charge is 0.500 e. The average Bonchev–Trinajstić information content (AvgIpc) is 2.39. The smallest absolute Gasteiger partial charge is 0.338 e. The second-order valence-corrected chi connectivity index (χ2v) is 3.77. The molecule has 0 bridgehead atoms. The van der Waals surface area contributed by atoms with Crippen molar-refractivity contribution in [3.05, 3.63) is 33.6 Å². The number of ether oxygens (including phenoxy) is 1. The van der Waals surface area contributed by atoms with Gasteiger partial charge in [-0.05, 0) is 18.6 Å². The third-order valence-electron chi connectivity index (χ3n) is 2.43. The number of benzene rings is 1. The Morgan fingerprint density at radius 2 is 2.10 bits per heavy atom. The van der Waals surface area contributed by atoms with Crippen LogP contribution in [0, 0.1) is 15.9 Å². The summed E-state index contributed by atoms with van der Waals surface area (Å²) in [6.07, 6.45) is -3.96. The number of hydrogen-bond donors (Lipinski definition) is 3. The molecule has 1 aromatic carbocycles. The minimum atomic E-state index is -2.03. The van der Waals surface area contributed by atoms with E-state index in [1.165, 1.54) is 6.92 Å². The van der Waals surface area contributed by atoms with E-state index in [9.17, 15) is 29.5 Å². The molecule has 0 spiro atoms. The number of nitrogens with zero attached hydrogens (tertiary/aromatic N) is 1. The molecule has 1 rings (SSSR count). The van der Waals surface area contributed by atoms with E-state index in [0.717, 1.165) is 0 Å². The first kappa shape index (κ1) is 15.8. The molecule has 0 heterocycles. The molecule has 0 aliphatic rings. The number of phenols is 1. The van der Waals surface area contributed by atoms with Crippen molar-refractivity contribution >= 4 is 11.7 Å². The first-order valence-corrected chi connectivity index (χ1v) is 5.49. The molecule has 1 aromatic rings. The summed E-state index contributed by atoms with van der Waals surface area (Å²) in [5.74, 6) is -3.71. The summed E-state index contributed by atoms with van der Waals surface area (Å²) in [6.45, 7) is 1.43. The van der Waals surface area contributed by atoms with Crippen molar-refractivity contribution in [1.82, 2.24) is 0 Å². The Morgan fingerprint density at radius 3 is 2.60 bits per heavy atom. The number of rotatable bonds is 5. The zero-order valence-corrected chi connectivity index (χ0v) is 10.3. The number of carbonyl (C=O) groups is 1. The minimum absolute atomic E-state index is 0.0489. The highest BCUT2D eigenvalue weighted by Crippen LogP contribution is 2.33. The maximum absolute atomic E-state index is 13.3. The number of aliphatic hydroxyl groups excluding tert-OH is 2. The number of aromatic hydroxyl groups is 1. The van der Waals surface area contributed by atoms with E-state index in [2.05, 4.69) is 4.74 Å².